The molecular weight excluding hydrogens is 336 g/mol. The van der Waals surface area contributed by atoms with Crippen molar-refractivity contribution < 1.29 is 13.2 Å². The van der Waals surface area contributed by atoms with Gasteiger partial charge in [0.05, 0.1) is 16.4 Å². The molecule has 1 aliphatic rings. The maximum Gasteiger partial charge on any atom is 0.230 e. The summed E-state index contributed by atoms with van der Waals surface area (Å²) in [5, 5.41) is 12.5. The van der Waals surface area contributed by atoms with Crippen molar-refractivity contribution in [2.75, 3.05) is 0 Å². The van der Waals surface area contributed by atoms with Crippen LogP contribution in [0.5, 0.6) is 0 Å². The second kappa shape index (κ2) is 7.83. The molecular formula is C19H24N2O3S. The Bertz CT molecular complexity index is 798. The summed E-state index contributed by atoms with van der Waals surface area (Å²) in [5.41, 5.74) is -0.214. The Kier molecular flexibility index (Phi) is 6.02. The minimum Gasteiger partial charge on any atom is -0.353 e. The van der Waals surface area contributed by atoms with Crippen molar-refractivity contribution in [2.45, 2.75) is 62.3 Å². The van der Waals surface area contributed by atoms with Crippen LogP contribution in [0.15, 0.2) is 40.6 Å². The van der Waals surface area contributed by atoms with Crippen molar-refractivity contribution >= 4 is 15.7 Å². The lowest BCUT2D eigenvalue weighted by Crippen LogP contribution is -2.45. The number of carbonyl (C=O) groups excluding carboxylic acids is 1. The Balaban J connectivity index is 2.24. The van der Waals surface area contributed by atoms with Gasteiger partial charge in [0, 0.05) is 17.5 Å². The molecule has 5 nitrogen and oxygen atoms in total. The lowest BCUT2D eigenvalue weighted by Gasteiger charge is -2.29. The van der Waals surface area contributed by atoms with Crippen molar-refractivity contribution in [3.63, 3.8) is 0 Å². The van der Waals surface area contributed by atoms with Crippen LogP contribution >= 0.6 is 0 Å². The van der Waals surface area contributed by atoms with Gasteiger partial charge in [-0.1, -0.05) is 31.4 Å². The molecule has 134 valence electrons. The molecule has 1 N–H and O–H groups in total. The van der Waals surface area contributed by atoms with Gasteiger partial charge in [0.2, 0.25) is 15.7 Å². The number of sulfone groups is 1. The normalized spacial score (nSPS) is 16.5. The van der Waals surface area contributed by atoms with E-state index in [1.54, 1.807) is 32.0 Å². The fourth-order valence-corrected chi connectivity index (χ4v) is 3.96. The topological polar surface area (TPSA) is 87.0 Å². The molecule has 1 amide bonds. The summed E-state index contributed by atoms with van der Waals surface area (Å²) in [6, 6.07) is 8.24. The van der Waals surface area contributed by atoms with Gasteiger partial charge in [-0.05, 0) is 44.4 Å². The zero-order chi connectivity index (χ0) is 18.5. The maximum atomic E-state index is 12.7. The molecule has 1 aliphatic carbocycles. The standard InChI is InChI=1S/C19H24N2O3S/c1-19(2,18(22)21-16-9-4-3-5-10-16)15-8-6-11-17(14-15)25(23,24)13-7-12-20/h6-8,11,13-14,16H,3-5,9-10H2,1-2H3,(H,21,22)/b13-7+. The third kappa shape index (κ3) is 4.70. The molecule has 0 radical (unpaired) electrons. The number of amides is 1. The highest BCUT2D eigenvalue weighted by Crippen LogP contribution is 2.27. The van der Waals surface area contributed by atoms with E-state index >= 15 is 0 Å². The highest BCUT2D eigenvalue weighted by molar-refractivity contribution is 7.94. The molecule has 2 rings (SSSR count). The lowest BCUT2D eigenvalue weighted by molar-refractivity contribution is -0.126. The van der Waals surface area contributed by atoms with Crippen LogP contribution in [0.4, 0.5) is 0 Å². The molecule has 0 unspecified atom stereocenters. The summed E-state index contributed by atoms with van der Waals surface area (Å²) in [6.07, 6.45) is 6.40. The molecule has 1 saturated carbocycles. The summed E-state index contributed by atoms with van der Waals surface area (Å²) >= 11 is 0. The predicted octanol–water partition coefficient (Wildman–Crippen LogP) is 3.22. The molecule has 1 fully saturated rings. The molecule has 0 saturated heterocycles. The van der Waals surface area contributed by atoms with E-state index in [4.69, 9.17) is 5.26 Å². The Morgan fingerprint density at radius 3 is 2.60 bits per heavy atom. The summed E-state index contributed by atoms with van der Waals surface area (Å²) in [6.45, 7) is 3.59. The van der Waals surface area contributed by atoms with Crippen LogP contribution in [0.25, 0.3) is 0 Å². The van der Waals surface area contributed by atoms with Gasteiger partial charge in [0.1, 0.15) is 0 Å². The first-order valence-electron chi connectivity index (χ1n) is 8.50. The van der Waals surface area contributed by atoms with E-state index < -0.39 is 15.3 Å². The van der Waals surface area contributed by atoms with Crippen LogP contribution in [-0.2, 0) is 20.0 Å². The third-order valence-corrected chi connectivity index (χ3v) is 6.12. The van der Waals surface area contributed by atoms with Gasteiger partial charge in [-0.25, -0.2) is 8.42 Å². The molecule has 1 aromatic rings. The van der Waals surface area contributed by atoms with Crippen molar-refractivity contribution in [3.05, 3.63) is 41.3 Å². The largest absolute Gasteiger partial charge is 0.353 e. The van der Waals surface area contributed by atoms with Gasteiger partial charge in [-0.2, -0.15) is 5.26 Å². The van der Waals surface area contributed by atoms with Crippen LogP contribution in [0.2, 0.25) is 0 Å². The smallest absolute Gasteiger partial charge is 0.230 e. The zero-order valence-electron chi connectivity index (χ0n) is 14.7. The molecule has 0 bridgehead atoms. The van der Waals surface area contributed by atoms with Crippen LogP contribution in [0.1, 0.15) is 51.5 Å². The number of nitriles is 1. The third-order valence-electron chi connectivity index (χ3n) is 4.71. The quantitative estimate of drug-likeness (QED) is 0.817. The number of nitrogens with zero attached hydrogens (tertiary/aromatic N) is 1. The lowest BCUT2D eigenvalue weighted by atomic mass is 9.83. The zero-order valence-corrected chi connectivity index (χ0v) is 15.5. The predicted molar refractivity (Wildman–Crippen MR) is 96.4 cm³/mol. The van der Waals surface area contributed by atoms with Crippen molar-refractivity contribution in [3.8, 4) is 6.07 Å². The number of hydrogen-bond acceptors (Lipinski definition) is 4. The van der Waals surface area contributed by atoms with Crippen molar-refractivity contribution in [2.24, 2.45) is 0 Å². The minimum atomic E-state index is -3.69. The van der Waals surface area contributed by atoms with Gasteiger partial charge in [-0.15, -0.1) is 0 Å². The van der Waals surface area contributed by atoms with Crippen molar-refractivity contribution in [1.82, 2.24) is 5.32 Å². The van der Waals surface area contributed by atoms with Crippen molar-refractivity contribution in [1.29, 1.82) is 5.26 Å². The number of carbonyl (C=O) groups is 1. The average molecular weight is 360 g/mol. The van der Waals surface area contributed by atoms with Crippen LogP contribution in [0, 0.1) is 11.3 Å². The van der Waals surface area contributed by atoms with E-state index in [1.807, 2.05) is 0 Å². The van der Waals surface area contributed by atoms with Gasteiger partial charge in [0.25, 0.3) is 0 Å². The second-order valence-corrected chi connectivity index (χ2v) is 8.77. The Morgan fingerprint density at radius 1 is 1.28 bits per heavy atom. The first kappa shape index (κ1) is 19.2. The molecule has 1 aromatic carbocycles. The Labute approximate surface area is 149 Å². The van der Waals surface area contributed by atoms with E-state index in [9.17, 15) is 13.2 Å². The van der Waals surface area contributed by atoms with Crippen LogP contribution in [0.3, 0.4) is 0 Å². The first-order chi connectivity index (χ1) is 11.8. The summed E-state index contributed by atoms with van der Waals surface area (Å²) in [5.74, 6) is -0.0958. The van der Waals surface area contributed by atoms with E-state index in [1.165, 1.54) is 18.6 Å². The summed E-state index contributed by atoms with van der Waals surface area (Å²) in [7, 11) is -3.69. The molecule has 0 aliphatic heterocycles. The van der Waals surface area contributed by atoms with Gasteiger partial charge in [-0.3, -0.25) is 4.79 Å². The maximum absolute atomic E-state index is 12.7. The number of allylic oxidation sites excluding steroid dienone is 1. The molecule has 6 heteroatoms. The fraction of sp³-hybridized carbons (Fsp3) is 0.474. The highest BCUT2D eigenvalue weighted by atomic mass is 32.2. The fourth-order valence-electron chi connectivity index (χ4n) is 3.00. The number of rotatable bonds is 5. The number of nitrogens with one attached hydrogen (secondary N) is 1. The summed E-state index contributed by atoms with van der Waals surface area (Å²) < 4.78 is 24.4. The summed E-state index contributed by atoms with van der Waals surface area (Å²) in [4.78, 5) is 12.8. The van der Waals surface area contributed by atoms with Gasteiger partial charge >= 0.3 is 0 Å². The highest BCUT2D eigenvalue weighted by Gasteiger charge is 2.32. The molecule has 0 spiro atoms. The van der Waals surface area contributed by atoms with Crippen LogP contribution in [-0.4, -0.2) is 20.4 Å². The first-order valence-corrected chi connectivity index (χ1v) is 10.0. The van der Waals surface area contributed by atoms with Gasteiger partial charge < -0.3 is 5.32 Å². The monoisotopic (exact) mass is 360 g/mol. The Morgan fingerprint density at radius 2 is 1.96 bits per heavy atom. The molecule has 0 heterocycles. The molecule has 0 aromatic heterocycles. The van der Waals surface area contributed by atoms with E-state index in [2.05, 4.69) is 5.32 Å². The van der Waals surface area contributed by atoms with E-state index in [0.717, 1.165) is 37.2 Å². The molecule has 25 heavy (non-hydrogen) atoms. The number of hydrogen-bond donors (Lipinski definition) is 1. The van der Waals surface area contributed by atoms with E-state index in [-0.39, 0.29) is 16.8 Å². The van der Waals surface area contributed by atoms with E-state index in [0.29, 0.717) is 5.56 Å². The number of benzene rings is 1. The molecule has 0 atom stereocenters. The minimum absolute atomic E-state index is 0.0787. The Hall–Kier alpha value is -2.13. The van der Waals surface area contributed by atoms with Gasteiger partial charge in [0.15, 0.2) is 0 Å². The second-order valence-electron chi connectivity index (χ2n) is 6.94. The van der Waals surface area contributed by atoms with Crippen LogP contribution < -0.4 is 5.32 Å². The SMILES string of the molecule is CC(C)(C(=O)NC1CCCCC1)c1cccc(S(=O)(=O)/C=C/C#N)c1. The average Bonchev–Trinajstić information content (AvgIpc) is 2.61.